The quantitative estimate of drug-likeness (QED) is 0.839. The van der Waals surface area contributed by atoms with Crippen molar-refractivity contribution in [3.8, 4) is 5.75 Å². The Morgan fingerprint density at radius 2 is 1.95 bits per heavy atom. The Kier molecular flexibility index (Phi) is 3.32. The number of nitrogens with zero attached hydrogens (tertiary/aromatic N) is 2. The van der Waals surface area contributed by atoms with Crippen molar-refractivity contribution in [1.29, 1.82) is 0 Å². The van der Waals surface area contributed by atoms with Gasteiger partial charge in [0, 0.05) is 12.1 Å². The molecule has 0 aliphatic heterocycles. The fourth-order valence-electron chi connectivity index (χ4n) is 3.12. The van der Waals surface area contributed by atoms with Gasteiger partial charge in [0.05, 0.1) is 18.1 Å². The van der Waals surface area contributed by atoms with Crippen molar-refractivity contribution in [1.82, 2.24) is 9.55 Å². The summed E-state index contributed by atoms with van der Waals surface area (Å²) in [7, 11) is 1.67. The lowest BCUT2D eigenvalue weighted by atomic mass is 10.1. The van der Waals surface area contributed by atoms with Crippen LogP contribution in [0.2, 0.25) is 0 Å². The number of methoxy groups -OCH3 is 1. The van der Waals surface area contributed by atoms with Crippen LogP contribution in [0.5, 0.6) is 5.75 Å². The summed E-state index contributed by atoms with van der Waals surface area (Å²) in [5, 5.41) is 0. The molecule has 0 unspecified atom stereocenters. The molecular formula is C15H21N3O. The number of anilines is 1. The van der Waals surface area contributed by atoms with Gasteiger partial charge in [-0.2, -0.15) is 0 Å². The first-order valence-electron chi connectivity index (χ1n) is 7.11. The molecule has 2 N–H and O–H groups in total. The number of hydrogen-bond donors (Lipinski definition) is 1. The molecule has 1 fully saturated rings. The molecule has 0 bridgehead atoms. The zero-order valence-corrected chi connectivity index (χ0v) is 11.4. The van der Waals surface area contributed by atoms with E-state index in [0.29, 0.717) is 12.0 Å². The summed E-state index contributed by atoms with van der Waals surface area (Å²) >= 11 is 0. The lowest BCUT2D eigenvalue weighted by Crippen LogP contribution is -2.11. The third kappa shape index (κ3) is 2.27. The molecule has 102 valence electrons. The summed E-state index contributed by atoms with van der Waals surface area (Å²) in [5.41, 5.74) is 8.20. The second-order valence-corrected chi connectivity index (χ2v) is 5.34. The molecule has 1 aliphatic carbocycles. The molecule has 1 aliphatic rings. The predicted octanol–water partition coefficient (Wildman–Crippen LogP) is 3.52. The summed E-state index contributed by atoms with van der Waals surface area (Å²) < 4.78 is 7.47. The molecular weight excluding hydrogens is 238 g/mol. The first-order chi connectivity index (χ1) is 9.29. The fraction of sp³-hybridized carbons (Fsp3) is 0.533. The molecule has 0 amide bonds. The van der Waals surface area contributed by atoms with Gasteiger partial charge < -0.3 is 15.0 Å². The second-order valence-electron chi connectivity index (χ2n) is 5.34. The molecule has 19 heavy (non-hydrogen) atoms. The summed E-state index contributed by atoms with van der Waals surface area (Å²) in [6.07, 6.45) is 7.69. The molecule has 1 aromatic heterocycles. The number of imidazole rings is 1. The maximum atomic E-state index is 6.14. The van der Waals surface area contributed by atoms with Gasteiger partial charge in [-0.1, -0.05) is 25.7 Å². The zero-order valence-electron chi connectivity index (χ0n) is 11.4. The molecule has 0 radical (unpaired) electrons. The largest absolute Gasteiger partial charge is 0.497 e. The molecule has 3 rings (SSSR count). The molecule has 4 nitrogen and oxygen atoms in total. The standard InChI is InChI=1S/C15H21N3O/c1-19-12-8-9-14-13(10-12)17-15(16)18(14)11-6-4-2-3-5-7-11/h8-11H,2-7H2,1H3,(H2,16,17). The van der Waals surface area contributed by atoms with E-state index < -0.39 is 0 Å². The zero-order chi connectivity index (χ0) is 13.2. The molecule has 0 atom stereocenters. The van der Waals surface area contributed by atoms with Crippen LogP contribution in [0, 0.1) is 0 Å². The van der Waals surface area contributed by atoms with Crippen molar-refractivity contribution in [2.75, 3.05) is 12.8 Å². The van der Waals surface area contributed by atoms with Crippen LogP contribution in [0.25, 0.3) is 11.0 Å². The SMILES string of the molecule is COc1ccc2c(c1)nc(N)n2C1CCCCCC1. The van der Waals surface area contributed by atoms with Crippen LogP contribution in [0.4, 0.5) is 5.95 Å². The number of fused-ring (bicyclic) bond motifs is 1. The van der Waals surface area contributed by atoms with Crippen LogP contribution in [0.3, 0.4) is 0 Å². The van der Waals surface area contributed by atoms with Gasteiger partial charge >= 0.3 is 0 Å². The topological polar surface area (TPSA) is 53.1 Å². The van der Waals surface area contributed by atoms with E-state index in [1.54, 1.807) is 7.11 Å². The van der Waals surface area contributed by atoms with Gasteiger partial charge in [0.25, 0.3) is 0 Å². The van der Waals surface area contributed by atoms with E-state index in [4.69, 9.17) is 10.5 Å². The van der Waals surface area contributed by atoms with E-state index in [2.05, 4.69) is 15.6 Å². The minimum Gasteiger partial charge on any atom is -0.497 e. The average Bonchev–Trinajstić information content (AvgIpc) is 2.61. The maximum Gasteiger partial charge on any atom is 0.201 e. The second kappa shape index (κ2) is 5.11. The Balaban J connectivity index is 2.04. The van der Waals surface area contributed by atoms with Crippen LogP contribution in [0.15, 0.2) is 18.2 Å². The van der Waals surface area contributed by atoms with E-state index in [1.165, 1.54) is 38.5 Å². The lowest BCUT2D eigenvalue weighted by molar-refractivity contribution is 0.415. The predicted molar refractivity (Wildman–Crippen MR) is 77.4 cm³/mol. The average molecular weight is 259 g/mol. The Labute approximate surface area is 113 Å². The highest BCUT2D eigenvalue weighted by atomic mass is 16.5. The molecule has 0 saturated heterocycles. The van der Waals surface area contributed by atoms with Gasteiger partial charge in [0.15, 0.2) is 0 Å². The van der Waals surface area contributed by atoms with Gasteiger partial charge in [-0.25, -0.2) is 4.98 Å². The van der Waals surface area contributed by atoms with E-state index in [0.717, 1.165) is 16.8 Å². The van der Waals surface area contributed by atoms with Crippen molar-refractivity contribution < 1.29 is 4.74 Å². The van der Waals surface area contributed by atoms with Gasteiger partial charge in [-0.15, -0.1) is 0 Å². The summed E-state index contributed by atoms with van der Waals surface area (Å²) in [6.45, 7) is 0. The number of nitrogen functional groups attached to an aromatic ring is 1. The van der Waals surface area contributed by atoms with Crippen LogP contribution in [0.1, 0.15) is 44.6 Å². The lowest BCUT2D eigenvalue weighted by Gasteiger charge is -2.18. The third-order valence-corrected chi connectivity index (χ3v) is 4.11. The van der Waals surface area contributed by atoms with Crippen molar-refractivity contribution in [3.63, 3.8) is 0 Å². The minimum absolute atomic E-state index is 0.501. The number of rotatable bonds is 2. The highest BCUT2D eigenvalue weighted by molar-refractivity contribution is 5.80. The number of aromatic nitrogens is 2. The first-order valence-corrected chi connectivity index (χ1v) is 7.11. The van der Waals surface area contributed by atoms with E-state index in [1.807, 2.05) is 12.1 Å². The van der Waals surface area contributed by atoms with Crippen molar-refractivity contribution in [3.05, 3.63) is 18.2 Å². The Morgan fingerprint density at radius 3 is 2.63 bits per heavy atom. The molecule has 1 aromatic carbocycles. The van der Waals surface area contributed by atoms with Crippen LogP contribution >= 0.6 is 0 Å². The van der Waals surface area contributed by atoms with Crippen molar-refractivity contribution in [2.24, 2.45) is 0 Å². The van der Waals surface area contributed by atoms with Gasteiger partial charge in [-0.3, -0.25) is 0 Å². The van der Waals surface area contributed by atoms with E-state index in [-0.39, 0.29) is 0 Å². The molecule has 4 heteroatoms. The number of ether oxygens (including phenoxy) is 1. The van der Waals surface area contributed by atoms with Crippen LogP contribution in [-0.2, 0) is 0 Å². The molecule has 1 heterocycles. The molecule has 0 spiro atoms. The Morgan fingerprint density at radius 1 is 1.21 bits per heavy atom. The molecule has 1 saturated carbocycles. The van der Waals surface area contributed by atoms with Gasteiger partial charge in [0.2, 0.25) is 5.95 Å². The van der Waals surface area contributed by atoms with Crippen molar-refractivity contribution in [2.45, 2.75) is 44.6 Å². The smallest absolute Gasteiger partial charge is 0.201 e. The number of hydrogen-bond acceptors (Lipinski definition) is 3. The number of nitrogens with two attached hydrogens (primary N) is 1. The van der Waals surface area contributed by atoms with Crippen molar-refractivity contribution >= 4 is 17.0 Å². The normalized spacial score (nSPS) is 17.5. The highest BCUT2D eigenvalue weighted by Gasteiger charge is 2.19. The monoisotopic (exact) mass is 259 g/mol. The third-order valence-electron chi connectivity index (χ3n) is 4.11. The molecule has 2 aromatic rings. The van der Waals surface area contributed by atoms with Gasteiger partial charge in [-0.05, 0) is 25.0 Å². The van der Waals surface area contributed by atoms with E-state index in [9.17, 15) is 0 Å². The summed E-state index contributed by atoms with van der Waals surface area (Å²) in [6, 6.07) is 6.51. The van der Waals surface area contributed by atoms with Crippen LogP contribution in [-0.4, -0.2) is 16.7 Å². The minimum atomic E-state index is 0.501. The Bertz CT molecular complexity index is 568. The van der Waals surface area contributed by atoms with Crippen LogP contribution < -0.4 is 10.5 Å². The van der Waals surface area contributed by atoms with Gasteiger partial charge in [0.1, 0.15) is 5.75 Å². The first kappa shape index (κ1) is 12.3. The summed E-state index contributed by atoms with van der Waals surface area (Å²) in [5.74, 6) is 1.47. The maximum absolute atomic E-state index is 6.14. The summed E-state index contributed by atoms with van der Waals surface area (Å²) in [4.78, 5) is 4.49. The number of benzene rings is 1. The Hall–Kier alpha value is -1.71. The van der Waals surface area contributed by atoms with E-state index >= 15 is 0 Å². The highest BCUT2D eigenvalue weighted by Crippen LogP contribution is 2.33. The fourth-order valence-corrected chi connectivity index (χ4v) is 3.12.